The molecule has 4 rings (SSSR count). The van der Waals surface area contributed by atoms with Crippen LogP contribution in [0.2, 0.25) is 10.0 Å². The highest BCUT2D eigenvalue weighted by molar-refractivity contribution is 6.40. The molecule has 3 aromatic rings. The van der Waals surface area contributed by atoms with E-state index in [1.54, 1.807) is 24.3 Å². The van der Waals surface area contributed by atoms with Crippen molar-refractivity contribution < 1.29 is 23.0 Å². The summed E-state index contributed by atoms with van der Waals surface area (Å²) in [6, 6.07) is 12.9. The minimum absolute atomic E-state index is 0.0722. The van der Waals surface area contributed by atoms with Crippen LogP contribution in [0.4, 0.5) is 20.2 Å². The lowest BCUT2D eigenvalue weighted by atomic mass is 10.1. The van der Waals surface area contributed by atoms with Gasteiger partial charge in [0.1, 0.15) is 0 Å². The summed E-state index contributed by atoms with van der Waals surface area (Å²) < 4.78 is 36.0. The largest absolute Gasteiger partial charge is 0.489 e. The maximum Gasteiger partial charge on any atom is 0.387 e. The zero-order chi connectivity index (χ0) is 22.7. The third-order valence-corrected chi connectivity index (χ3v) is 5.40. The van der Waals surface area contributed by atoms with E-state index in [2.05, 4.69) is 9.72 Å². The molecule has 1 aromatic heterocycles. The molecule has 0 spiro atoms. The molecule has 0 saturated heterocycles. The van der Waals surface area contributed by atoms with Gasteiger partial charge in [-0.25, -0.2) is 0 Å². The van der Waals surface area contributed by atoms with E-state index in [0.29, 0.717) is 18.2 Å². The predicted octanol–water partition coefficient (Wildman–Crippen LogP) is 6.76. The highest BCUT2D eigenvalue weighted by Gasteiger charge is 2.27. The monoisotopic (exact) mass is 478 g/mol. The molecule has 1 fully saturated rings. The zero-order valence-electron chi connectivity index (χ0n) is 16.7. The second-order valence-electron chi connectivity index (χ2n) is 7.22. The van der Waals surface area contributed by atoms with Crippen LogP contribution in [-0.2, 0) is 0 Å². The van der Waals surface area contributed by atoms with Gasteiger partial charge >= 0.3 is 6.61 Å². The fourth-order valence-electron chi connectivity index (χ4n) is 3.11. The van der Waals surface area contributed by atoms with E-state index in [-0.39, 0.29) is 32.8 Å². The molecule has 2 aromatic carbocycles. The molecule has 0 aliphatic heterocycles. The Morgan fingerprint density at radius 1 is 1.06 bits per heavy atom. The van der Waals surface area contributed by atoms with Crippen LogP contribution in [0, 0.1) is 5.92 Å². The lowest BCUT2D eigenvalue weighted by Gasteiger charge is -2.25. The molecular weight excluding hydrogens is 461 g/mol. The van der Waals surface area contributed by atoms with Gasteiger partial charge in [0, 0.05) is 23.6 Å². The van der Waals surface area contributed by atoms with Crippen molar-refractivity contribution in [1.29, 1.82) is 0 Å². The topological polar surface area (TPSA) is 51.7 Å². The molecule has 32 heavy (non-hydrogen) atoms. The fourth-order valence-corrected chi connectivity index (χ4v) is 3.65. The van der Waals surface area contributed by atoms with E-state index in [4.69, 9.17) is 27.9 Å². The molecule has 1 heterocycles. The van der Waals surface area contributed by atoms with Crippen molar-refractivity contribution in [1.82, 2.24) is 4.98 Å². The quantitative estimate of drug-likeness (QED) is 0.358. The van der Waals surface area contributed by atoms with Gasteiger partial charge in [-0.2, -0.15) is 8.78 Å². The fraction of sp³-hybridized carbons (Fsp3) is 0.217. The van der Waals surface area contributed by atoms with Crippen LogP contribution in [0.25, 0.3) is 0 Å². The van der Waals surface area contributed by atoms with Crippen molar-refractivity contribution in [3.63, 3.8) is 0 Å². The molecule has 0 atom stereocenters. The number of benzene rings is 2. The van der Waals surface area contributed by atoms with E-state index in [1.807, 2.05) is 6.07 Å². The van der Waals surface area contributed by atoms with Crippen LogP contribution < -0.4 is 14.4 Å². The molecule has 1 aliphatic rings. The van der Waals surface area contributed by atoms with Crippen LogP contribution >= 0.6 is 23.2 Å². The number of halogens is 4. The van der Waals surface area contributed by atoms with Gasteiger partial charge in [0.2, 0.25) is 0 Å². The van der Waals surface area contributed by atoms with Gasteiger partial charge < -0.3 is 9.47 Å². The number of ether oxygens (including phenoxy) is 2. The average Bonchev–Trinajstić information content (AvgIpc) is 3.60. The summed E-state index contributed by atoms with van der Waals surface area (Å²) in [5.41, 5.74) is 0.957. The van der Waals surface area contributed by atoms with Crippen molar-refractivity contribution >= 4 is 40.5 Å². The summed E-state index contributed by atoms with van der Waals surface area (Å²) in [5.74, 6) is -0.165. The zero-order valence-corrected chi connectivity index (χ0v) is 18.2. The number of nitrogens with zero attached hydrogens (tertiary/aromatic N) is 2. The molecular formula is C23H18Cl2F2N2O3. The van der Waals surface area contributed by atoms with E-state index in [9.17, 15) is 13.6 Å². The average molecular weight is 479 g/mol. The number of hydrogen-bond donors (Lipinski definition) is 0. The Kier molecular flexibility index (Phi) is 6.77. The van der Waals surface area contributed by atoms with Gasteiger partial charge in [-0.15, -0.1) is 0 Å². The highest BCUT2D eigenvalue weighted by atomic mass is 35.5. The first-order valence-electron chi connectivity index (χ1n) is 9.84. The highest BCUT2D eigenvalue weighted by Crippen LogP contribution is 2.40. The Morgan fingerprint density at radius 3 is 2.38 bits per heavy atom. The normalized spacial score (nSPS) is 13.2. The van der Waals surface area contributed by atoms with E-state index < -0.39 is 12.5 Å². The van der Waals surface area contributed by atoms with Crippen molar-refractivity contribution in [2.45, 2.75) is 19.5 Å². The summed E-state index contributed by atoms with van der Waals surface area (Å²) >= 11 is 12.7. The number of hydrogen-bond acceptors (Lipinski definition) is 4. The first-order valence-corrected chi connectivity index (χ1v) is 10.6. The maximum atomic E-state index is 13.6. The molecule has 1 saturated carbocycles. The number of pyridine rings is 1. The van der Waals surface area contributed by atoms with E-state index >= 15 is 0 Å². The number of carbonyl (C=O) groups excluding carboxylic acids is 1. The Hall–Kier alpha value is -2.90. The molecule has 5 nitrogen and oxygen atoms in total. The molecule has 1 aliphatic carbocycles. The minimum atomic E-state index is -3.02. The standard InChI is InChI=1S/C23H18Cl2F2N2O3/c24-17-11-28-12-18(25)21(17)29(16-4-2-1-3-5-16)22(30)15-8-9-19(32-23(26)27)20(10-15)31-13-14-6-7-14/h1-5,8-12,14,23H,6-7,13H2. The van der Waals surface area contributed by atoms with Gasteiger partial charge in [0.05, 0.1) is 22.3 Å². The first-order chi connectivity index (χ1) is 15.4. The number of para-hydroxylation sites is 1. The molecule has 0 bridgehead atoms. The predicted molar refractivity (Wildman–Crippen MR) is 118 cm³/mol. The summed E-state index contributed by atoms with van der Waals surface area (Å²) in [7, 11) is 0. The Morgan fingerprint density at radius 2 is 1.75 bits per heavy atom. The SMILES string of the molecule is O=C(c1ccc(OC(F)F)c(OCC2CC2)c1)N(c1ccccc1)c1c(Cl)cncc1Cl. The number of carbonyl (C=O) groups is 1. The second-order valence-corrected chi connectivity index (χ2v) is 8.04. The van der Waals surface area contributed by atoms with Crippen LogP contribution in [0.3, 0.4) is 0 Å². The van der Waals surface area contributed by atoms with Crippen LogP contribution in [0.1, 0.15) is 23.2 Å². The van der Waals surface area contributed by atoms with Crippen molar-refractivity contribution in [3.8, 4) is 11.5 Å². The summed E-state index contributed by atoms with van der Waals surface area (Å²) in [6.07, 6.45) is 4.81. The van der Waals surface area contributed by atoms with Gasteiger partial charge in [0.15, 0.2) is 11.5 Å². The van der Waals surface area contributed by atoms with Gasteiger partial charge in [-0.3, -0.25) is 14.7 Å². The van der Waals surface area contributed by atoms with Gasteiger partial charge in [-0.05, 0) is 49.1 Å². The van der Waals surface area contributed by atoms with Gasteiger partial charge in [0.25, 0.3) is 5.91 Å². The summed E-state index contributed by atoms with van der Waals surface area (Å²) in [5, 5.41) is 0.357. The minimum Gasteiger partial charge on any atom is -0.489 e. The third kappa shape index (κ3) is 5.11. The molecule has 1 amide bonds. The Labute approximate surface area is 193 Å². The van der Waals surface area contributed by atoms with Crippen LogP contribution in [0.5, 0.6) is 11.5 Å². The smallest absolute Gasteiger partial charge is 0.387 e. The number of alkyl halides is 2. The van der Waals surface area contributed by atoms with E-state index in [1.165, 1.54) is 35.5 Å². The van der Waals surface area contributed by atoms with Crippen molar-refractivity contribution in [2.75, 3.05) is 11.5 Å². The molecule has 166 valence electrons. The van der Waals surface area contributed by atoms with Gasteiger partial charge in [-0.1, -0.05) is 41.4 Å². The lowest BCUT2D eigenvalue weighted by Crippen LogP contribution is -2.26. The Bertz CT molecular complexity index is 1090. The molecule has 0 radical (unpaired) electrons. The van der Waals surface area contributed by atoms with Crippen LogP contribution in [0.15, 0.2) is 60.9 Å². The molecule has 0 N–H and O–H groups in total. The first kappa shape index (κ1) is 22.3. The number of amides is 1. The number of rotatable bonds is 8. The number of aromatic nitrogens is 1. The maximum absolute atomic E-state index is 13.6. The summed E-state index contributed by atoms with van der Waals surface area (Å²) in [6.45, 7) is -2.66. The lowest BCUT2D eigenvalue weighted by molar-refractivity contribution is -0.0515. The van der Waals surface area contributed by atoms with Crippen molar-refractivity contribution in [3.05, 3.63) is 76.5 Å². The van der Waals surface area contributed by atoms with E-state index in [0.717, 1.165) is 12.8 Å². The second kappa shape index (κ2) is 9.71. The molecule has 9 heteroatoms. The molecule has 0 unspecified atom stereocenters. The van der Waals surface area contributed by atoms with Crippen LogP contribution in [-0.4, -0.2) is 24.1 Å². The Balaban J connectivity index is 1.75. The van der Waals surface area contributed by atoms with Crippen molar-refractivity contribution in [2.24, 2.45) is 5.92 Å². The third-order valence-electron chi connectivity index (χ3n) is 4.85. The number of anilines is 2. The summed E-state index contributed by atoms with van der Waals surface area (Å²) in [4.78, 5) is 18.9.